The Hall–Kier alpha value is -1.56. The first kappa shape index (κ1) is 18.5. The highest BCUT2D eigenvalue weighted by molar-refractivity contribution is 5.89. The minimum absolute atomic E-state index is 0.0389. The van der Waals surface area contributed by atoms with E-state index in [2.05, 4.69) is 11.3 Å². The van der Waals surface area contributed by atoms with Crippen LogP contribution in [0.2, 0.25) is 0 Å². The van der Waals surface area contributed by atoms with Gasteiger partial charge in [-0.15, -0.1) is 0 Å². The number of likely N-dealkylation sites (tertiary alicyclic amines) is 1. The number of rotatable bonds is 3. The molecule has 2 unspecified atom stereocenters. The molecule has 1 heterocycles. The predicted octanol–water partition coefficient (Wildman–Crippen LogP) is 2.26. The number of nitrogens with zero attached hydrogens (tertiary/aromatic N) is 1. The van der Waals surface area contributed by atoms with Crippen molar-refractivity contribution in [2.75, 3.05) is 13.7 Å². The summed E-state index contributed by atoms with van der Waals surface area (Å²) in [6, 6.07) is -0.524. The second kappa shape index (κ2) is 7.63. The maximum absolute atomic E-state index is 12.4. The first-order valence-electron chi connectivity index (χ1n) is 7.62. The number of carbonyl (C=O) groups is 2. The van der Waals surface area contributed by atoms with Crippen molar-refractivity contribution in [2.45, 2.75) is 64.2 Å². The maximum atomic E-state index is 12.4. The summed E-state index contributed by atoms with van der Waals surface area (Å²) in [5, 5.41) is 10.4. The zero-order valence-corrected chi connectivity index (χ0v) is 13.9. The van der Waals surface area contributed by atoms with Crippen LogP contribution in [0.3, 0.4) is 0 Å². The lowest BCUT2D eigenvalue weighted by atomic mass is 9.98. The molecule has 1 N–H and O–H groups in total. The number of aliphatic hydroxyl groups is 1. The fourth-order valence-corrected chi connectivity index (χ4v) is 2.49. The lowest BCUT2D eigenvalue weighted by Crippen LogP contribution is -2.49. The summed E-state index contributed by atoms with van der Waals surface area (Å²) in [6.07, 6.45) is 1.64. The van der Waals surface area contributed by atoms with Crippen molar-refractivity contribution in [1.29, 1.82) is 0 Å². The zero-order chi connectivity index (χ0) is 16.9. The van der Waals surface area contributed by atoms with Crippen molar-refractivity contribution >= 4 is 12.1 Å². The molecule has 0 aromatic carbocycles. The van der Waals surface area contributed by atoms with Crippen molar-refractivity contribution in [3.63, 3.8) is 0 Å². The van der Waals surface area contributed by atoms with Crippen LogP contribution in [-0.4, -0.2) is 53.5 Å². The Balaban J connectivity index is 2.92. The SMILES string of the molecule is C=C(C(=O)OC)C(O)C1CCCCCN1C(=O)OC(C)(C)C. The average Bonchev–Trinajstić information content (AvgIpc) is 2.68. The molecule has 2 atom stereocenters. The zero-order valence-electron chi connectivity index (χ0n) is 13.9. The Kier molecular flexibility index (Phi) is 6.41. The number of hydrogen-bond acceptors (Lipinski definition) is 5. The molecule has 0 aromatic heterocycles. The van der Waals surface area contributed by atoms with E-state index in [1.54, 1.807) is 20.8 Å². The molecule has 0 aromatic rings. The van der Waals surface area contributed by atoms with E-state index in [1.807, 2.05) is 0 Å². The van der Waals surface area contributed by atoms with Crippen LogP contribution in [0.15, 0.2) is 12.2 Å². The van der Waals surface area contributed by atoms with Gasteiger partial charge in [0.05, 0.1) is 18.7 Å². The predicted molar refractivity (Wildman–Crippen MR) is 82.4 cm³/mol. The van der Waals surface area contributed by atoms with E-state index in [4.69, 9.17) is 4.74 Å². The van der Waals surface area contributed by atoms with Gasteiger partial charge in [-0.2, -0.15) is 0 Å². The fraction of sp³-hybridized carbons (Fsp3) is 0.750. The Bertz CT molecular complexity index is 427. The molecule has 1 aliphatic rings. The van der Waals surface area contributed by atoms with Crippen molar-refractivity contribution in [3.05, 3.63) is 12.2 Å². The van der Waals surface area contributed by atoms with Gasteiger partial charge in [0.15, 0.2) is 0 Å². The fourth-order valence-electron chi connectivity index (χ4n) is 2.49. The van der Waals surface area contributed by atoms with Crippen LogP contribution < -0.4 is 0 Å². The summed E-state index contributed by atoms with van der Waals surface area (Å²) in [4.78, 5) is 25.5. The van der Waals surface area contributed by atoms with Crippen molar-refractivity contribution in [1.82, 2.24) is 4.90 Å². The molecule has 1 aliphatic heterocycles. The number of aliphatic hydroxyl groups excluding tert-OH is 1. The Morgan fingerprint density at radius 2 is 1.91 bits per heavy atom. The largest absolute Gasteiger partial charge is 0.466 e. The first-order valence-corrected chi connectivity index (χ1v) is 7.62. The third kappa shape index (κ3) is 5.02. The van der Waals surface area contributed by atoms with E-state index < -0.39 is 29.8 Å². The maximum Gasteiger partial charge on any atom is 0.410 e. The minimum Gasteiger partial charge on any atom is -0.466 e. The third-order valence-electron chi connectivity index (χ3n) is 3.60. The Labute approximate surface area is 132 Å². The van der Waals surface area contributed by atoms with Gasteiger partial charge in [0.2, 0.25) is 0 Å². The van der Waals surface area contributed by atoms with Gasteiger partial charge in [-0.1, -0.05) is 19.4 Å². The van der Waals surface area contributed by atoms with E-state index >= 15 is 0 Å². The van der Waals surface area contributed by atoms with Crippen LogP contribution in [0.25, 0.3) is 0 Å². The summed E-state index contributed by atoms with van der Waals surface area (Å²) in [5.41, 5.74) is -0.652. The number of hydrogen-bond donors (Lipinski definition) is 1. The lowest BCUT2D eigenvalue weighted by Gasteiger charge is -2.35. The molecule has 1 rings (SSSR count). The molecular formula is C16H27NO5. The Morgan fingerprint density at radius 3 is 2.45 bits per heavy atom. The second-order valence-electron chi connectivity index (χ2n) is 6.55. The smallest absolute Gasteiger partial charge is 0.410 e. The molecule has 1 fully saturated rings. The summed E-state index contributed by atoms with van der Waals surface area (Å²) in [6.45, 7) is 9.47. The van der Waals surface area contributed by atoms with Crippen LogP contribution in [0.1, 0.15) is 46.5 Å². The Morgan fingerprint density at radius 1 is 1.27 bits per heavy atom. The molecule has 6 heteroatoms. The van der Waals surface area contributed by atoms with Gasteiger partial charge in [-0.05, 0) is 33.6 Å². The molecule has 1 saturated heterocycles. The number of amides is 1. The second-order valence-corrected chi connectivity index (χ2v) is 6.55. The standard InChI is InChI=1S/C16H27NO5/c1-11(14(19)21-5)13(18)12-9-7-6-8-10-17(12)15(20)22-16(2,3)4/h12-13,18H,1,6-10H2,2-5H3. The van der Waals surface area contributed by atoms with E-state index in [0.717, 1.165) is 19.3 Å². The highest BCUT2D eigenvalue weighted by atomic mass is 16.6. The third-order valence-corrected chi connectivity index (χ3v) is 3.60. The number of esters is 1. The van der Waals surface area contributed by atoms with Gasteiger partial charge in [-0.3, -0.25) is 0 Å². The lowest BCUT2D eigenvalue weighted by molar-refractivity contribution is -0.137. The molecule has 22 heavy (non-hydrogen) atoms. The molecule has 0 radical (unpaired) electrons. The van der Waals surface area contributed by atoms with E-state index in [0.29, 0.717) is 13.0 Å². The summed E-state index contributed by atoms with van der Waals surface area (Å²) in [7, 11) is 1.24. The molecule has 0 aliphatic carbocycles. The summed E-state index contributed by atoms with van der Waals surface area (Å²) in [5.74, 6) is -0.666. The quantitative estimate of drug-likeness (QED) is 0.639. The monoisotopic (exact) mass is 313 g/mol. The highest BCUT2D eigenvalue weighted by Gasteiger charge is 2.36. The number of carbonyl (C=O) groups excluding carboxylic acids is 2. The normalized spacial score (nSPS) is 20.8. The van der Waals surface area contributed by atoms with Gasteiger partial charge >= 0.3 is 12.1 Å². The molecule has 0 bridgehead atoms. The molecule has 126 valence electrons. The van der Waals surface area contributed by atoms with Gasteiger partial charge in [0.1, 0.15) is 11.7 Å². The first-order chi connectivity index (χ1) is 10.2. The van der Waals surface area contributed by atoms with Crippen molar-refractivity contribution < 1.29 is 24.2 Å². The van der Waals surface area contributed by atoms with Gasteiger partial charge in [0, 0.05) is 6.54 Å². The number of ether oxygens (including phenoxy) is 2. The number of methoxy groups -OCH3 is 1. The van der Waals surface area contributed by atoms with Crippen LogP contribution in [0.4, 0.5) is 4.79 Å². The van der Waals surface area contributed by atoms with Crippen LogP contribution >= 0.6 is 0 Å². The van der Waals surface area contributed by atoms with Crippen molar-refractivity contribution in [2.24, 2.45) is 0 Å². The van der Waals surface area contributed by atoms with Crippen LogP contribution in [-0.2, 0) is 14.3 Å². The molecule has 1 amide bonds. The van der Waals surface area contributed by atoms with Crippen LogP contribution in [0.5, 0.6) is 0 Å². The van der Waals surface area contributed by atoms with Gasteiger partial charge < -0.3 is 19.5 Å². The average molecular weight is 313 g/mol. The van der Waals surface area contributed by atoms with Gasteiger partial charge in [-0.25, -0.2) is 9.59 Å². The van der Waals surface area contributed by atoms with E-state index in [9.17, 15) is 14.7 Å². The molecule has 0 saturated carbocycles. The van der Waals surface area contributed by atoms with E-state index in [-0.39, 0.29) is 5.57 Å². The molecule has 0 spiro atoms. The van der Waals surface area contributed by atoms with Gasteiger partial charge in [0.25, 0.3) is 0 Å². The van der Waals surface area contributed by atoms with E-state index in [1.165, 1.54) is 12.0 Å². The highest BCUT2D eigenvalue weighted by Crippen LogP contribution is 2.25. The minimum atomic E-state index is -1.15. The van der Waals surface area contributed by atoms with Crippen LogP contribution in [0, 0.1) is 0 Å². The summed E-state index contributed by atoms with van der Waals surface area (Å²) < 4.78 is 10.0. The summed E-state index contributed by atoms with van der Waals surface area (Å²) >= 11 is 0. The molecule has 6 nitrogen and oxygen atoms in total. The molecular weight excluding hydrogens is 286 g/mol. The topological polar surface area (TPSA) is 76.1 Å². The van der Waals surface area contributed by atoms with Crippen molar-refractivity contribution in [3.8, 4) is 0 Å².